The molecule has 6 heteroatoms. The van der Waals surface area contributed by atoms with Crippen LogP contribution < -0.4 is 10.2 Å². The number of benzene rings is 1. The van der Waals surface area contributed by atoms with Gasteiger partial charge in [0, 0.05) is 30.3 Å². The molecule has 1 aromatic carbocycles. The molecule has 0 saturated carbocycles. The SMILES string of the molecule is CNCC1CCCN(C(=O)C2CCN(c3cccc(Cl)c3)C2=O)C1. The molecule has 0 bridgehead atoms. The second kappa shape index (κ2) is 7.53. The minimum absolute atomic E-state index is 0.00895. The Hall–Kier alpha value is -1.59. The van der Waals surface area contributed by atoms with Crippen molar-refractivity contribution in [3.8, 4) is 0 Å². The molecule has 0 spiro atoms. The Morgan fingerprint density at radius 2 is 2.17 bits per heavy atom. The van der Waals surface area contributed by atoms with E-state index in [1.807, 2.05) is 24.1 Å². The van der Waals surface area contributed by atoms with Crippen LogP contribution in [-0.2, 0) is 9.59 Å². The minimum atomic E-state index is -0.544. The number of likely N-dealkylation sites (tertiary alicyclic amines) is 1. The summed E-state index contributed by atoms with van der Waals surface area (Å²) < 4.78 is 0. The van der Waals surface area contributed by atoms with Gasteiger partial charge in [0.15, 0.2) is 0 Å². The average Bonchev–Trinajstić information content (AvgIpc) is 2.96. The molecule has 2 aliphatic rings. The lowest BCUT2D eigenvalue weighted by atomic mass is 9.96. The molecule has 0 aromatic heterocycles. The summed E-state index contributed by atoms with van der Waals surface area (Å²) in [6.07, 6.45) is 2.73. The molecule has 2 aliphatic heterocycles. The number of piperidine rings is 1. The van der Waals surface area contributed by atoms with E-state index < -0.39 is 5.92 Å². The van der Waals surface area contributed by atoms with E-state index in [0.717, 1.165) is 38.2 Å². The average molecular weight is 350 g/mol. The largest absolute Gasteiger partial charge is 0.342 e. The van der Waals surface area contributed by atoms with Crippen LogP contribution in [0.1, 0.15) is 19.3 Å². The van der Waals surface area contributed by atoms with Crippen molar-refractivity contribution in [1.29, 1.82) is 0 Å². The van der Waals surface area contributed by atoms with Crippen molar-refractivity contribution in [3.63, 3.8) is 0 Å². The van der Waals surface area contributed by atoms with Crippen LogP contribution in [0.15, 0.2) is 24.3 Å². The van der Waals surface area contributed by atoms with Gasteiger partial charge in [0.05, 0.1) is 0 Å². The molecule has 0 aliphatic carbocycles. The standard InChI is InChI=1S/C18H24ClN3O2/c1-20-11-13-4-3-8-21(12-13)17(23)16-7-9-22(18(16)24)15-6-2-5-14(19)10-15/h2,5-6,10,13,16,20H,3-4,7-9,11-12H2,1H3. The zero-order chi connectivity index (χ0) is 17.1. The van der Waals surface area contributed by atoms with Crippen LogP contribution in [0.2, 0.25) is 5.02 Å². The molecule has 3 rings (SSSR count). The molecule has 1 aromatic rings. The van der Waals surface area contributed by atoms with Crippen molar-refractivity contribution in [1.82, 2.24) is 10.2 Å². The third-order valence-corrected chi connectivity index (χ3v) is 5.18. The van der Waals surface area contributed by atoms with Gasteiger partial charge in [-0.15, -0.1) is 0 Å². The maximum Gasteiger partial charge on any atom is 0.239 e. The van der Waals surface area contributed by atoms with Gasteiger partial charge in [-0.2, -0.15) is 0 Å². The summed E-state index contributed by atoms with van der Waals surface area (Å²) in [5, 5.41) is 3.78. The van der Waals surface area contributed by atoms with Gasteiger partial charge in [-0.05, 0) is 57.0 Å². The Bertz CT molecular complexity index is 620. The monoisotopic (exact) mass is 349 g/mol. The number of halogens is 1. The number of hydrogen-bond acceptors (Lipinski definition) is 3. The highest BCUT2D eigenvalue weighted by Crippen LogP contribution is 2.29. The summed E-state index contributed by atoms with van der Waals surface area (Å²) in [4.78, 5) is 29.1. The van der Waals surface area contributed by atoms with Gasteiger partial charge < -0.3 is 15.1 Å². The van der Waals surface area contributed by atoms with Crippen LogP contribution in [0.4, 0.5) is 5.69 Å². The summed E-state index contributed by atoms with van der Waals surface area (Å²) in [5.41, 5.74) is 0.773. The van der Waals surface area contributed by atoms with E-state index in [2.05, 4.69) is 5.32 Å². The molecule has 130 valence electrons. The Morgan fingerprint density at radius 3 is 2.92 bits per heavy atom. The van der Waals surface area contributed by atoms with Gasteiger partial charge in [-0.25, -0.2) is 0 Å². The molecule has 1 N–H and O–H groups in total. The molecule has 2 unspecified atom stereocenters. The fraction of sp³-hybridized carbons (Fsp3) is 0.556. The van der Waals surface area contributed by atoms with Crippen molar-refractivity contribution in [2.24, 2.45) is 11.8 Å². The molecular weight excluding hydrogens is 326 g/mol. The zero-order valence-electron chi connectivity index (χ0n) is 14.0. The van der Waals surface area contributed by atoms with E-state index in [-0.39, 0.29) is 11.8 Å². The highest BCUT2D eigenvalue weighted by Gasteiger charge is 2.40. The summed E-state index contributed by atoms with van der Waals surface area (Å²) in [6.45, 7) is 3.00. The minimum Gasteiger partial charge on any atom is -0.342 e. The molecule has 0 radical (unpaired) electrons. The van der Waals surface area contributed by atoms with E-state index in [1.165, 1.54) is 0 Å². The van der Waals surface area contributed by atoms with Crippen LogP contribution in [0.3, 0.4) is 0 Å². The molecule has 2 heterocycles. The number of amides is 2. The fourth-order valence-electron chi connectivity index (χ4n) is 3.75. The van der Waals surface area contributed by atoms with Crippen molar-refractivity contribution < 1.29 is 9.59 Å². The zero-order valence-corrected chi connectivity index (χ0v) is 14.8. The first-order valence-corrected chi connectivity index (χ1v) is 8.98. The Morgan fingerprint density at radius 1 is 1.33 bits per heavy atom. The number of hydrogen-bond donors (Lipinski definition) is 1. The number of anilines is 1. The van der Waals surface area contributed by atoms with Gasteiger partial charge in [-0.3, -0.25) is 9.59 Å². The van der Waals surface area contributed by atoms with Crippen molar-refractivity contribution >= 4 is 29.1 Å². The lowest BCUT2D eigenvalue weighted by molar-refractivity contribution is -0.141. The molecule has 2 fully saturated rings. The molecule has 2 saturated heterocycles. The van der Waals surface area contributed by atoms with Gasteiger partial charge >= 0.3 is 0 Å². The summed E-state index contributed by atoms with van der Waals surface area (Å²) >= 11 is 6.02. The van der Waals surface area contributed by atoms with Crippen molar-refractivity contribution in [3.05, 3.63) is 29.3 Å². The summed E-state index contributed by atoms with van der Waals surface area (Å²) in [5.74, 6) is -0.172. The first-order valence-electron chi connectivity index (χ1n) is 8.60. The topological polar surface area (TPSA) is 52.7 Å². The van der Waals surface area contributed by atoms with Crippen LogP contribution in [0.25, 0.3) is 0 Å². The highest BCUT2D eigenvalue weighted by atomic mass is 35.5. The number of nitrogens with zero attached hydrogens (tertiary/aromatic N) is 2. The second-order valence-corrected chi connectivity index (χ2v) is 7.10. The van der Waals surface area contributed by atoms with E-state index in [0.29, 0.717) is 23.9 Å². The Labute approximate surface area is 147 Å². The Kier molecular flexibility index (Phi) is 5.41. The quantitative estimate of drug-likeness (QED) is 0.847. The normalized spacial score (nSPS) is 24.5. The summed E-state index contributed by atoms with van der Waals surface area (Å²) in [7, 11) is 1.93. The lowest BCUT2D eigenvalue weighted by Crippen LogP contribution is -2.46. The molecule has 5 nitrogen and oxygen atoms in total. The predicted molar refractivity (Wildman–Crippen MR) is 95.1 cm³/mol. The van der Waals surface area contributed by atoms with Crippen molar-refractivity contribution in [2.45, 2.75) is 19.3 Å². The number of nitrogens with one attached hydrogen (secondary N) is 1. The number of rotatable bonds is 4. The molecule has 2 amide bonds. The lowest BCUT2D eigenvalue weighted by Gasteiger charge is -2.34. The Balaban J connectivity index is 1.67. The third kappa shape index (κ3) is 3.57. The number of carbonyl (C=O) groups is 2. The van der Waals surface area contributed by atoms with Crippen LogP contribution in [-0.4, -0.2) is 49.9 Å². The second-order valence-electron chi connectivity index (χ2n) is 6.66. The van der Waals surface area contributed by atoms with E-state index in [1.54, 1.807) is 17.0 Å². The summed E-state index contributed by atoms with van der Waals surface area (Å²) in [6, 6.07) is 7.24. The predicted octanol–water partition coefficient (Wildman–Crippen LogP) is 2.15. The fourth-order valence-corrected chi connectivity index (χ4v) is 3.93. The highest BCUT2D eigenvalue weighted by molar-refractivity contribution is 6.31. The van der Waals surface area contributed by atoms with Gasteiger partial charge in [0.1, 0.15) is 5.92 Å². The number of carbonyl (C=O) groups excluding carboxylic acids is 2. The first-order chi connectivity index (χ1) is 11.6. The maximum absolute atomic E-state index is 12.8. The van der Waals surface area contributed by atoms with Crippen LogP contribution in [0.5, 0.6) is 0 Å². The van der Waals surface area contributed by atoms with E-state index in [4.69, 9.17) is 11.6 Å². The van der Waals surface area contributed by atoms with Crippen LogP contribution >= 0.6 is 11.6 Å². The van der Waals surface area contributed by atoms with E-state index >= 15 is 0 Å². The maximum atomic E-state index is 12.8. The van der Waals surface area contributed by atoms with E-state index in [9.17, 15) is 9.59 Å². The first kappa shape index (κ1) is 17.2. The molecular formula is C18H24ClN3O2. The molecule has 24 heavy (non-hydrogen) atoms. The van der Waals surface area contributed by atoms with Gasteiger partial charge in [-0.1, -0.05) is 17.7 Å². The third-order valence-electron chi connectivity index (χ3n) is 4.95. The van der Waals surface area contributed by atoms with Crippen LogP contribution in [0, 0.1) is 11.8 Å². The molecule has 2 atom stereocenters. The van der Waals surface area contributed by atoms with Crippen molar-refractivity contribution in [2.75, 3.05) is 38.1 Å². The van der Waals surface area contributed by atoms with Gasteiger partial charge in [0.2, 0.25) is 11.8 Å². The van der Waals surface area contributed by atoms with Gasteiger partial charge in [0.25, 0.3) is 0 Å². The smallest absolute Gasteiger partial charge is 0.239 e.